The lowest BCUT2D eigenvalue weighted by Crippen LogP contribution is -2.14. The van der Waals surface area contributed by atoms with E-state index >= 15 is 0 Å². The highest BCUT2D eigenvalue weighted by molar-refractivity contribution is 9.10. The predicted molar refractivity (Wildman–Crippen MR) is 74.5 cm³/mol. The van der Waals surface area contributed by atoms with E-state index in [-0.39, 0.29) is 0 Å². The van der Waals surface area contributed by atoms with Crippen molar-refractivity contribution in [1.29, 1.82) is 0 Å². The minimum absolute atomic E-state index is 0.368. The predicted octanol–water partition coefficient (Wildman–Crippen LogP) is 2.26. The molecule has 2 rings (SSSR count). The standard InChI is InChI=1S/C11H16BrN3O2S/c1-6(18(3,16)17)10-14-9(7-4-5-7)8(12)11(13-2)15-10/h6-7H,4-5H2,1-3H3,(H,13,14,15). The third-order valence-corrected chi connectivity index (χ3v) is 5.38. The van der Waals surface area contributed by atoms with Crippen LogP contribution < -0.4 is 5.32 Å². The summed E-state index contributed by atoms with van der Waals surface area (Å²) in [7, 11) is -1.42. The molecule has 100 valence electrons. The maximum absolute atomic E-state index is 11.6. The molecule has 1 atom stereocenters. The fraction of sp³-hybridized carbons (Fsp3) is 0.636. The van der Waals surface area contributed by atoms with Crippen molar-refractivity contribution in [3.63, 3.8) is 0 Å². The largest absolute Gasteiger partial charge is 0.372 e. The number of hydrogen-bond donors (Lipinski definition) is 1. The van der Waals surface area contributed by atoms with Crippen LogP contribution in [0.4, 0.5) is 5.82 Å². The number of halogens is 1. The van der Waals surface area contributed by atoms with E-state index in [1.54, 1.807) is 14.0 Å². The van der Waals surface area contributed by atoms with E-state index in [2.05, 4.69) is 31.2 Å². The highest BCUT2D eigenvalue weighted by Crippen LogP contribution is 2.44. The summed E-state index contributed by atoms with van der Waals surface area (Å²) in [5, 5.41) is 2.29. The van der Waals surface area contributed by atoms with Crippen molar-refractivity contribution in [3.8, 4) is 0 Å². The van der Waals surface area contributed by atoms with Crippen LogP contribution in [0.5, 0.6) is 0 Å². The molecular weight excluding hydrogens is 318 g/mol. The lowest BCUT2D eigenvalue weighted by Gasteiger charge is -2.13. The zero-order chi connectivity index (χ0) is 13.5. The molecule has 18 heavy (non-hydrogen) atoms. The van der Waals surface area contributed by atoms with Gasteiger partial charge in [0.2, 0.25) is 0 Å². The molecule has 0 spiro atoms. The van der Waals surface area contributed by atoms with Gasteiger partial charge in [-0.25, -0.2) is 18.4 Å². The summed E-state index contributed by atoms with van der Waals surface area (Å²) in [4.78, 5) is 8.71. The molecule has 1 aliphatic rings. The third kappa shape index (κ3) is 2.66. The van der Waals surface area contributed by atoms with Crippen molar-refractivity contribution in [2.24, 2.45) is 0 Å². The normalized spacial score (nSPS) is 17.6. The van der Waals surface area contributed by atoms with Gasteiger partial charge in [0.25, 0.3) is 0 Å². The van der Waals surface area contributed by atoms with Gasteiger partial charge in [-0.3, -0.25) is 0 Å². The van der Waals surface area contributed by atoms with Crippen LogP contribution in [0.1, 0.15) is 42.5 Å². The molecule has 1 saturated carbocycles. The number of rotatable bonds is 4. The van der Waals surface area contributed by atoms with E-state index in [1.165, 1.54) is 6.26 Å². The van der Waals surface area contributed by atoms with E-state index in [0.29, 0.717) is 17.6 Å². The Kier molecular flexibility index (Phi) is 3.64. The number of nitrogens with one attached hydrogen (secondary N) is 1. The Morgan fingerprint density at radius 2 is 2.00 bits per heavy atom. The molecule has 5 nitrogen and oxygen atoms in total. The van der Waals surface area contributed by atoms with Gasteiger partial charge in [-0.1, -0.05) is 0 Å². The molecule has 0 bridgehead atoms. The molecule has 1 unspecified atom stereocenters. The molecule has 0 aliphatic heterocycles. The first-order valence-corrected chi connectivity index (χ1v) is 8.53. The van der Waals surface area contributed by atoms with Crippen molar-refractivity contribution < 1.29 is 8.42 Å². The van der Waals surface area contributed by atoms with Crippen molar-refractivity contribution in [3.05, 3.63) is 16.0 Å². The zero-order valence-electron chi connectivity index (χ0n) is 10.6. The fourth-order valence-electron chi connectivity index (χ4n) is 1.65. The summed E-state index contributed by atoms with van der Waals surface area (Å²) < 4.78 is 24.0. The van der Waals surface area contributed by atoms with Crippen LogP contribution in [0, 0.1) is 0 Å². The summed E-state index contributed by atoms with van der Waals surface area (Å²) in [6, 6.07) is 0. The monoisotopic (exact) mass is 333 g/mol. The Morgan fingerprint density at radius 3 is 2.44 bits per heavy atom. The average molecular weight is 334 g/mol. The van der Waals surface area contributed by atoms with E-state index < -0.39 is 15.1 Å². The third-order valence-electron chi connectivity index (χ3n) is 3.10. The highest BCUT2D eigenvalue weighted by Gasteiger charge is 2.31. The van der Waals surface area contributed by atoms with E-state index in [0.717, 1.165) is 23.0 Å². The summed E-state index contributed by atoms with van der Waals surface area (Å²) in [6.45, 7) is 1.62. The lowest BCUT2D eigenvalue weighted by atomic mass is 10.2. The Balaban J connectivity index is 2.52. The van der Waals surface area contributed by atoms with Gasteiger partial charge < -0.3 is 5.32 Å². The number of aromatic nitrogens is 2. The van der Waals surface area contributed by atoms with Gasteiger partial charge in [0.1, 0.15) is 16.9 Å². The number of anilines is 1. The molecule has 1 heterocycles. The molecule has 1 aliphatic carbocycles. The van der Waals surface area contributed by atoms with Crippen molar-refractivity contribution in [1.82, 2.24) is 9.97 Å². The van der Waals surface area contributed by atoms with Crippen LogP contribution in [0.3, 0.4) is 0 Å². The minimum Gasteiger partial charge on any atom is -0.372 e. The van der Waals surface area contributed by atoms with Gasteiger partial charge in [-0.15, -0.1) is 0 Å². The molecular formula is C11H16BrN3O2S. The van der Waals surface area contributed by atoms with Gasteiger partial charge in [-0.05, 0) is 35.7 Å². The smallest absolute Gasteiger partial charge is 0.157 e. The maximum Gasteiger partial charge on any atom is 0.157 e. The minimum atomic E-state index is -3.18. The second kappa shape index (κ2) is 4.77. The van der Waals surface area contributed by atoms with Crippen molar-refractivity contribution in [2.75, 3.05) is 18.6 Å². The number of sulfone groups is 1. The molecule has 1 aromatic rings. The molecule has 7 heteroatoms. The van der Waals surface area contributed by atoms with Crippen LogP contribution in [0.2, 0.25) is 0 Å². The number of hydrogen-bond acceptors (Lipinski definition) is 5. The molecule has 1 fully saturated rings. The van der Waals surface area contributed by atoms with Crippen LogP contribution in [-0.4, -0.2) is 31.7 Å². The van der Waals surface area contributed by atoms with Gasteiger partial charge in [0, 0.05) is 19.2 Å². The second-order valence-electron chi connectivity index (χ2n) is 4.63. The van der Waals surface area contributed by atoms with Crippen LogP contribution in [0.15, 0.2) is 4.47 Å². The fourth-order valence-corrected chi connectivity index (χ4v) is 2.84. The van der Waals surface area contributed by atoms with E-state index in [9.17, 15) is 8.42 Å². The zero-order valence-corrected chi connectivity index (χ0v) is 13.0. The van der Waals surface area contributed by atoms with Gasteiger partial charge in [0.05, 0.1) is 10.2 Å². The summed E-state index contributed by atoms with van der Waals surface area (Å²) in [5.74, 6) is 1.45. The summed E-state index contributed by atoms with van der Waals surface area (Å²) in [6.07, 6.45) is 3.41. The van der Waals surface area contributed by atoms with Gasteiger partial charge in [-0.2, -0.15) is 0 Å². The van der Waals surface area contributed by atoms with Gasteiger partial charge >= 0.3 is 0 Å². The molecule has 0 radical (unpaired) electrons. The molecule has 0 saturated heterocycles. The Morgan fingerprint density at radius 1 is 1.39 bits per heavy atom. The molecule has 1 aromatic heterocycles. The summed E-state index contributed by atoms with van der Waals surface area (Å²) >= 11 is 3.48. The van der Waals surface area contributed by atoms with Gasteiger partial charge in [0.15, 0.2) is 9.84 Å². The lowest BCUT2D eigenvalue weighted by molar-refractivity contribution is 0.588. The summed E-state index contributed by atoms with van der Waals surface area (Å²) in [5.41, 5.74) is 0.917. The highest BCUT2D eigenvalue weighted by atomic mass is 79.9. The average Bonchev–Trinajstić information content (AvgIpc) is 3.11. The maximum atomic E-state index is 11.6. The first-order valence-electron chi connectivity index (χ1n) is 5.78. The van der Waals surface area contributed by atoms with E-state index in [1.807, 2.05) is 0 Å². The second-order valence-corrected chi connectivity index (χ2v) is 7.78. The van der Waals surface area contributed by atoms with Crippen LogP contribution in [-0.2, 0) is 9.84 Å². The molecule has 0 amide bonds. The first kappa shape index (κ1) is 13.7. The molecule has 0 aromatic carbocycles. The first-order chi connectivity index (χ1) is 8.34. The Bertz CT molecular complexity index is 570. The molecule has 1 N–H and O–H groups in total. The van der Waals surface area contributed by atoms with Crippen LogP contribution >= 0.6 is 15.9 Å². The number of nitrogens with zero attached hydrogens (tertiary/aromatic N) is 2. The topological polar surface area (TPSA) is 72.0 Å². The van der Waals surface area contributed by atoms with Crippen molar-refractivity contribution in [2.45, 2.75) is 30.9 Å². The quantitative estimate of drug-likeness (QED) is 0.914. The van der Waals surface area contributed by atoms with Crippen LogP contribution in [0.25, 0.3) is 0 Å². The Labute approximate surface area is 115 Å². The Hall–Kier alpha value is -0.690. The van der Waals surface area contributed by atoms with E-state index in [4.69, 9.17) is 0 Å². The van der Waals surface area contributed by atoms with Crippen molar-refractivity contribution >= 4 is 31.6 Å². The SMILES string of the molecule is CNc1nc(C(C)S(C)(=O)=O)nc(C2CC2)c1Br.